The van der Waals surface area contributed by atoms with Gasteiger partial charge in [-0.05, 0) is 31.5 Å². The van der Waals surface area contributed by atoms with E-state index in [0.29, 0.717) is 24.5 Å². The van der Waals surface area contributed by atoms with E-state index in [2.05, 4.69) is 0 Å². The normalized spacial score (nSPS) is 12.1. The van der Waals surface area contributed by atoms with Gasteiger partial charge < -0.3 is 14.6 Å². The van der Waals surface area contributed by atoms with Crippen LogP contribution in [0.4, 0.5) is 0 Å². The quantitative estimate of drug-likeness (QED) is 0.805. The van der Waals surface area contributed by atoms with Crippen LogP contribution in [0.1, 0.15) is 25.5 Å². The molecule has 0 bridgehead atoms. The molecule has 0 aliphatic carbocycles. The van der Waals surface area contributed by atoms with Crippen LogP contribution in [-0.2, 0) is 9.53 Å². The molecule has 1 aromatic rings. The summed E-state index contributed by atoms with van der Waals surface area (Å²) in [6.07, 6.45) is -0.926. The lowest BCUT2D eigenvalue weighted by molar-refractivity contribution is -0.150. The topological polar surface area (TPSA) is 55.8 Å². The Bertz CT molecular complexity index is 349. The minimum Gasteiger partial charge on any atom is -0.494 e. The highest BCUT2D eigenvalue weighted by molar-refractivity contribution is 5.74. The highest BCUT2D eigenvalue weighted by atomic mass is 16.5. The van der Waals surface area contributed by atoms with E-state index in [9.17, 15) is 4.79 Å². The van der Waals surface area contributed by atoms with Crippen LogP contribution in [0.2, 0.25) is 0 Å². The molecule has 0 aliphatic rings. The van der Waals surface area contributed by atoms with Crippen molar-refractivity contribution < 1.29 is 19.4 Å². The van der Waals surface area contributed by atoms with Gasteiger partial charge in [0.25, 0.3) is 0 Å². The first-order valence-corrected chi connectivity index (χ1v) is 5.26. The Hall–Kier alpha value is -1.55. The van der Waals surface area contributed by atoms with Gasteiger partial charge in [0.15, 0.2) is 6.10 Å². The number of carbonyl (C=O) groups is 1. The maximum atomic E-state index is 11.0. The molecule has 0 spiro atoms. The van der Waals surface area contributed by atoms with Crippen molar-refractivity contribution in [2.24, 2.45) is 0 Å². The van der Waals surface area contributed by atoms with Crippen LogP contribution in [0.3, 0.4) is 0 Å². The molecule has 88 valence electrons. The zero-order valence-corrected chi connectivity index (χ0v) is 9.47. The van der Waals surface area contributed by atoms with E-state index in [-0.39, 0.29) is 0 Å². The van der Waals surface area contributed by atoms with Crippen molar-refractivity contribution in [2.45, 2.75) is 20.0 Å². The van der Waals surface area contributed by atoms with Crippen LogP contribution >= 0.6 is 0 Å². The lowest BCUT2D eigenvalue weighted by Crippen LogP contribution is -2.15. The Morgan fingerprint density at radius 3 is 2.69 bits per heavy atom. The van der Waals surface area contributed by atoms with Gasteiger partial charge in [-0.3, -0.25) is 0 Å². The molecule has 1 rings (SSSR count). The van der Waals surface area contributed by atoms with Gasteiger partial charge in [0, 0.05) is 6.61 Å². The van der Waals surface area contributed by atoms with E-state index < -0.39 is 12.1 Å². The maximum Gasteiger partial charge on any atom is 0.337 e. The summed E-state index contributed by atoms with van der Waals surface area (Å²) in [4.78, 5) is 11.0. The average Bonchev–Trinajstić information content (AvgIpc) is 2.26. The number of hydrogen-bond donors (Lipinski definition) is 1. The highest BCUT2D eigenvalue weighted by Crippen LogP contribution is 2.22. The Kier molecular flexibility index (Phi) is 4.79. The van der Waals surface area contributed by atoms with E-state index in [0.717, 1.165) is 0 Å². The number of carboxylic acid groups (broad SMARTS) is 1. The number of ether oxygens (including phenoxy) is 2. The zero-order valence-electron chi connectivity index (χ0n) is 9.47. The van der Waals surface area contributed by atoms with Gasteiger partial charge in [-0.1, -0.05) is 12.1 Å². The molecular formula is C12H16O4. The number of rotatable bonds is 6. The van der Waals surface area contributed by atoms with E-state index in [1.807, 2.05) is 6.92 Å². The zero-order chi connectivity index (χ0) is 12.0. The van der Waals surface area contributed by atoms with Crippen LogP contribution in [-0.4, -0.2) is 24.3 Å². The standard InChI is InChI=1S/C12H16O4/c1-3-15-10-7-5-6-9(8-10)11(12(13)14)16-4-2/h5-8,11H,3-4H2,1-2H3,(H,13,14). The molecule has 1 N–H and O–H groups in total. The monoisotopic (exact) mass is 224 g/mol. The third-order valence-corrected chi connectivity index (χ3v) is 2.03. The molecule has 0 heterocycles. The lowest BCUT2D eigenvalue weighted by Gasteiger charge is -2.13. The smallest absolute Gasteiger partial charge is 0.337 e. The number of benzene rings is 1. The predicted octanol–water partition coefficient (Wildman–Crippen LogP) is 2.25. The van der Waals surface area contributed by atoms with Crippen molar-refractivity contribution in [1.29, 1.82) is 0 Å². The summed E-state index contributed by atoms with van der Waals surface area (Å²) in [6.45, 7) is 4.55. The number of aliphatic carboxylic acids is 1. The van der Waals surface area contributed by atoms with E-state index in [1.54, 1.807) is 31.2 Å². The molecule has 16 heavy (non-hydrogen) atoms. The first kappa shape index (κ1) is 12.5. The van der Waals surface area contributed by atoms with Crippen molar-refractivity contribution in [2.75, 3.05) is 13.2 Å². The second-order valence-corrected chi connectivity index (χ2v) is 3.18. The van der Waals surface area contributed by atoms with E-state index >= 15 is 0 Å². The molecule has 0 saturated heterocycles. The molecule has 0 radical (unpaired) electrons. The van der Waals surface area contributed by atoms with E-state index in [4.69, 9.17) is 14.6 Å². The first-order valence-electron chi connectivity index (χ1n) is 5.26. The summed E-state index contributed by atoms with van der Waals surface area (Å²) in [5, 5.41) is 9.01. The van der Waals surface area contributed by atoms with Gasteiger partial charge in [0.2, 0.25) is 0 Å². The number of carboxylic acids is 1. The van der Waals surface area contributed by atoms with Crippen LogP contribution in [0.5, 0.6) is 5.75 Å². The molecule has 1 atom stereocenters. The predicted molar refractivity (Wildman–Crippen MR) is 59.6 cm³/mol. The summed E-state index contributed by atoms with van der Waals surface area (Å²) in [5.74, 6) is -0.332. The fourth-order valence-corrected chi connectivity index (χ4v) is 1.41. The van der Waals surface area contributed by atoms with E-state index in [1.165, 1.54) is 0 Å². The van der Waals surface area contributed by atoms with Crippen molar-refractivity contribution in [3.63, 3.8) is 0 Å². The van der Waals surface area contributed by atoms with Gasteiger partial charge >= 0.3 is 5.97 Å². The van der Waals surface area contributed by atoms with Gasteiger partial charge in [-0.25, -0.2) is 4.79 Å². The summed E-state index contributed by atoms with van der Waals surface area (Å²) in [5.41, 5.74) is 0.598. The second kappa shape index (κ2) is 6.12. The molecular weight excluding hydrogens is 208 g/mol. The average molecular weight is 224 g/mol. The van der Waals surface area contributed by atoms with Crippen LogP contribution < -0.4 is 4.74 Å². The fourth-order valence-electron chi connectivity index (χ4n) is 1.41. The third-order valence-electron chi connectivity index (χ3n) is 2.03. The van der Waals surface area contributed by atoms with Crippen molar-refractivity contribution in [1.82, 2.24) is 0 Å². The Morgan fingerprint density at radius 2 is 2.12 bits per heavy atom. The van der Waals surface area contributed by atoms with Gasteiger partial charge in [0.05, 0.1) is 6.61 Å². The Balaban J connectivity index is 2.90. The molecule has 1 aromatic carbocycles. The van der Waals surface area contributed by atoms with Crippen molar-refractivity contribution in [3.05, 3.63) is 29.8 Å². The molecule has 0 saturated carbocycles. The van der Waals surface area contributed by atoms with Crippen molar-refractivity contribution in [3.8, 4) is 5.75 Å². The first-order chi connectivity index (χ1) is 7.69. The molecule has 1 unspecified atom stereocenters. The summed E-state index contributed by atoms with van der Waals surface area (Å²) in [6, 6.07) is 6.96. The molecule has 4 nitrogen and oxygen atoms in total. The van der Waals surface area contributed by atoms with Crippen LogP contribution in [0.15, 0.2) is 24.3 Å². The third kappa shape index (κ3) is 3.24. The molecule has 0 amide bonds. The fraction of sp³-hybridized carbons (Fsp3) is 0.417. The van der Waals surface area contributed by atoms with Crippen LogP contribution in [0.25, 0.3) is 0 Å². The minimum absolute atomic E-state index is 0.357. The molecule has 4 heteroatoms. The minimum atomic E-state index is -0.990. The SMILES string of the molecule is CCOc1cccc(C(OCC)C(=O)O)c1. The summed E-state index contributed by atoms with van der Waals surface area (Å²) in [7, 11) is 0. The number of hydrogen-bond acceptors (Lipinski definition) is 3. The van der Waals surface area contributed by atoms with Gasteiger partial charge in [-0.2, -0.15) is 0 Å². The molecule has 0 fully saturated rings. The van der Waals surface area contributed by atoms with Crippen molar-refractivity contribution >= 4 is 5.97 Å². The van der Waals surface area contributed by atoms with Gasteiger partial charge in [-0.15, -0.1) is 0 Å². The highest BCUT2D eigenvalue weighted by Gasteiger charge is 2.20. The lowest BCUT2D eigenvalue weighted by atomic mass is 10.1. The van der Waals surface area contributed by atoms with Gasteiger partial charge in [0.1, 0.15) is 5.75 Å². The largest absolute Gasteiger partial charge is 0.494 e. The van der Waals surface area contributed by atoms with Crippen LogP contribution in [0, 0.1) is 0 Å². The maximum absolute atomic E-state index is 11.0. The molecule has 0 aromatic heterocycles. The summed E-state index contributed by atoms with van der Waals surface area (Å²) < 4.78 is 10.5. The molecule has 0 aliphatic heterocycles. The summed E-state index contributed by atoms with van der Waals surface area (Å²) >= 11 is 0. The Morgan fingerprint density at radius 1 is 1.38 bits per heavy atom. The second-order valence-electron chi connectivity index (χ2n) is 3.18. The Labute approximate surface area is 94.8 Å².